The second kappa shape index (κ2) is 12.1. The number of aryl methyl sites for hydroxylation is 1. The third kappa shape index (κ3) is 4.78. The van der Waals surface area contributed by atoms with Crippen LogP contribution in [0, 0.1) is 6.92 Å². The van der Waals surface area contributed by atoms with Crippen LogP contribution in [0.3, 0.4) is 0 Å². The monoisotopic (exact) mass is 752 g/mol. The highest BCUT2D eigenvalue weighted by Crippen LogP contribution is 2.52. The molecule has 0 spiro atoms. The number of hydrogen-bond acceptors (Lipinski definition) is 0. The van der Waals surface area contributed by atoms with Crippen molar-refractivity contribution in [2.75, 3.05) is 0 Å². The van der Waals surface area contributed by atoms with Crippen LogP contribution in [0.25, 0.3) is 98.7 Å². The lowest BCUT2D eigenvalue weighted by molar-refractivity contribution is 0.660. The maximum atomic E-state index is 2.50. The summed E-state index contributed by atoms with van der Waals surface area (Å²) >= 11 is 0. The first-order valence-corrected chi connectivity index (χ1v) is 21.1. The predicted molar refractivity (Wildman–Crippen MR) is 253 cm³/mol. The van der Waals surface area contributed by atoms with Gasteiger partial charge < -0.3 is 0 Å². The number of fused-ring (bicyclic) bond motifs is 12. The standard InChI is InChI=1S/C59H44/c1-35-22-23-36-14-6-7-15-40(36)57(35)39-26-27-43-49(38-25-29-47-45-19-11-13-21-54(45)59(4,5)56(47)32-38)33-51-42-17-9-8-16-41(42)48(34-52(51)50(43)30-39)37-24-28-46-44-18-10-12-20-53(44)58(2,3)55(46)31-37/h6-34H,1-5H3. The molecule has 10 aromatic rings. The molecule has 0 atom stereocenters. The maximum absolute atomic E-state index is 2.50. The van der Waals surface area contributed by atoms with Crippen molar-refractivity contribution in [2.24, 2.45) is 0 Å². The van der Waals surface area contributed by atoms with Gasteiger partial charge in [0.05, 0.1) is 0 Å². The van der Waals surface area contributed by atoms with Crippen LogP contribution < -0.4 is 0 Å². The zero-order valence-electron chi connectivity index (χ0n) is 34.2. The summed E-state index contributed by atoms with van der Waals surface area (Å²) in [6.07, 6.45) is 0. The zero-order chi connectivity index (χ0) is 39.8. The Bertz CT molecular complexity index is 3440. The van der Waals surface area contributed by atoms with Crippen molar-refractivity contribution in [3.63, 3.8) is 0 Å². The van der Waals surface area contributed by atoms with E-state index in [4.69, 9.17) is 0 Å². The van der Waals surface area contributed by atoms with Crippen molar-refractivity contribution in [3.8, 4) is 55.6 Å². The first kappa shape index (κ1) is 34.3. The first-order chi connectivity index (χ1) is 28.7. The highest BCUT2D eigenvalue weighted by atomic mass is 14.4. The Kier molecular flexibility index (Phi) is 7.05. The molecule has 0 amide bonds. The molecule has 0 bridgehead atoms. The molecular weight excluding hydrogens is 709 g/mol. The van der Waals surface area contributed by atoms with Gasteiger partial charge in [-0.3, -0.25) is 0 Å². The van der Waals surface area contributed by atoms with Gasteiger partial charge in [-0.2, -0.15) is 0 Å². The third-order valence-corrected chi connectivity index (χ3v) is 14.2. The Morgan fingerprint density at radius 1 is 0.288 bits per heavy atom. The molecule has 280 valence electrons. The van der Waals surface area contributed by atoms with Crippen LogP contribution in [-0.4, -0.2) is 0 Å². The van der Waals surface area contributed by atoms with E-state index in [1.165, 1.54) is 127 Å². The molecule has 2 aliphatic carbocycles. The maximum Gasteiger partial charge on any atom is 0.0159 e. The second-order valence-corrected chi connectivity index (χ2v) is 18.1. The van der Waals surface area contributed by atoms with E-state index in [1.807, 2.05) is 0 Å². The minimum atomic E-state index is -0.0823. The topological polar surface area (TPSA) is 0 Å². The van der Waals surface area contributed by atoms with Crippen LogP contribution in [0.5, 0.6) is 0 Å². The van der Waals surface area contributed by atoms with Gasteiger partial charge in [-0.1, -0.05) is 173 Å². The Balaban J connectivity index is 1.16. The van der Waals surface area contributed by atoms with Gasteiger partial charge in [0.15, 0.2) is 0 Å². The number of hydrogen-bond donors (Lipinski definition) is 0. The van der Waals surface area contributed by atoms with E-state index in [1.54, 1.807) is 0 Å². The molecular formula is C59H44. The molecule has 12 rings (SSSR count). The highest BCUT2D eigenvalue weighted by molar-refractivity contribution is 6.24. The lowest BCUT2D eigenvalue weighted by atomic mass is 9.80. The fourth-order valence-electron chi connectivity index (χ4n) is 11.1. The van der Waals surface area contributed by atoms with Crippen molar-refractivity contribution in [1.82, 2.24) is 0 Å². The zero-order valence-corrected chi connectivity index (χ0v) is 34.2. The number of rotatable bonds is 3. The van der Waals surface area contributed by atoms with E-state index >= 15 is 0 Å². The Labute approximate surface area is 346 Å². The van der Waals surface area contributed by atoms with Gasteiger partial charge in [0.1, 0.15) is 0 Å². The average Bonchev–Trinajstić information content (AvgIpc) is 3.64. The van der Waals surface area contributed by atoms with Crippen LogP contribution in [0.4, 0.5) is 0 Å². The number of benzene rings is 10. The van der Waals surface area contributed by atoms with E-state index in [2.05, 4.69) is 211 Å². The van der Waals surface area contributed by atoms with Gasteiger partial charge in [-0.15, -0.1) is 0 Å². The summed E-state index contributed by atoms with van der Waals surface area (Å²) in [5.41, 5.74) is 19.8. The van der Waals surface area contributed by atoms with Gasteiger partial charge >= 0.3 is 0 Å². The molecule has 10 aromatic carbocycles. The summed E-state index contributed by atoms with van der Waals surface area (Å²) in [4.78, 5) is 0. The summed E-state index contributed by atoms with van der Waals surface area (Å²) in [5, 5.41) is 10.3. The first-order valence-electron chi connectivity index (χ1n) is 21.1. The summed E-state index contributed by atoms with van der Waals surface area (Å²) in [6.45, 7) is 11.8. The van der Waals surface area contributed by atoms with Crippen LogP contribution in [0.2, 0.25) is 0 Å². The quantitative estimate of drug-likeness (QED) is 0.158. The average molecular weight is 753 g/mol. The van der Waals surface area contributed by atoms with Crippen LogP contribution >= 0.6 is 0 Å². The Morgan fingerprint density at radius 2 is 0.746 bits per heavy atom. The summed E-state index contributed by atoms with van der Waals surface area (Å²) in [6, 6.07) is 67.0. The van der Waals surface area contributed by atoms with Gasteiger partial charge in [0.25, 0.3) is 0 Å². The molecule has 59 heavy (non-hydrogen) atoms. The largest absolute Gasteiger partial charge is 0.0619 e. The van der Waals surface area contributed by atoms with Crippen molar-refractivity contribution < 1.29 is 0 Å². The summed E-state index contributed by atoms with van der Waals surface area (Å²) in [5.74, 6) is 0. The van der Waals surface area contributed by atoms with Crippen molar-refractivity contribution in [2.45, 2.75) is 45.4 Å². The molecule has 0 fully saturated rings. The van der Waals surface area contributed by atoms with Crippen LogP contribution in [0.15, 0.2) is 176 Å². The molecule has 0 saturated heterocycles. The van der Waals surface area contributed by atoms with Crippen molar-refractivity contribution >= 4 is 43.1 Å². The van der Waals surface area contributed by atoms with E-state index in [9.17, 15) is 0 Å². The van der Waals surface area contributed by atoms with Crippen LogP contribution in [0.1, 0.15) is 55.5 Å². The van der Waals surface area contributed by atoms with Crippen molar-refractivity contribution in [3.05, 3.63) is 204 Å². The molecule has 0 saturated carbocycles. The van der Waals surface area contributed by atoms with Crippen molar-refractivity contribution in [1.29, 1.82) is 0 Å². The van der Waals surface area contributed by atoms with Gasteiger partial charge in [0, 0.05) is 10.8 Å². The summed E-state index contributed by atoms with van der Waals surface area (Å²) < 4.78 is 0. The predicted octanol–water partition coefficient (Wildman–Crippen LogP) is 16.2. The minimum Gasteiger partial charge on any atom is -0.0619 e. The van der Waals surface area contributed by atoms with Crippen LogP contribution in [-0.2, 0) is 10.8 Å². The van der Waals surface area contributed by atoms with E-state index in [0.717, 1.165) is 0 Å². The second-order valence-electron chi connectivity index (χ2n) is 18.1. The lowest BCUT2D eigenvalue weighted by Gasteiger charge is -2.23. The van der Waals surface area contributed by atoms with E-state index in [0.29, 0.717) is 0 Å². The molecule has 0 aromatic heterocycles. The molecule has 0 radical (unpaired) electrons. The molecule has 0 heterocycles. The smallest absolute Gasteiger partial charge is 0.0159 e. The molecule has 2 aliphatic rings. The molecule has 0 N–H and O–H groups in total. The van der Waals surface area contributed by atoms with Gasteiger partial charge in [-0.05, 0) is 164 Å². The lowest BCUT2D eigenvalue weighted by Crippen LogP contribution is -2.14. The van der Waals surface area contributed by atoms with E-state index < -0.39 is 0 Å². The fourth-order valence-corrected chi connectivity index (χ4v) is 11.1. The molecule has 0 nitrogen and oxygen atoms in total. The van der Waals surface area contributed by atoms with Gasteiger partial charge in [-0.25, -0.2) is 0 Å². The molecule has 0 unspecified atom stereocenters. The molecule has 0 heteroatoms. The Morgan fingerprint density at radius 3 is 1.37 bits per heavy atom. The normalized spacial score (nSPS) is 14.5. The molecule has 0 aliphatic heterocycles. The summed E-state index contributed by atoms with van der Waals surface area (Å²) in [7, 11) is 0. The Hall–Kier alpha value is -6.76. The van der Waals surface area contributed by atoms with Gasteiger partial charge in [0.2, 0.25) is 0 Å². The SMILES string of the molecule is Cc1ccc2ccccc2c1-c1ccc2c(-c3ccc4c(c3)C(C)(C)c3ccccc3-4)cc3c4ccccc4c(-c4ccc5c(c4)C(C)(C)c4ccccc4-5)cc3c2c1. The fraction of sp³-hybridized carbons (Fsp3) is 0.119. The third-order valence-electron chi connectivity index (χ3n) is 14.2. The minimum absolute atomic E-state index is 0.0762. The van der Waals surface area contributed by atoms with E-state index in [-0.39, 0.29) is 10.8 Å². The highest BCUT2D eigenvalue weighted by Gasteiger charge is 2.36.